The Morgan fingerprint density at radius 3 is 1.97 bits per heavy atom. The van der Waals surface area contributed by atoms with E-state index < -0.39 is 11.9 Å². The highest BCUT2D eigenvalue weighted by atomic mass is 16.4. The lowest BCUT2D eigenvalue weighted by Gasteiger charge is -2.21. The Bertz CT molecular complexity index is 829. The minimum Gasteiger partial charge on any atom is -0.478 e. The molecule has 29 heavy (non-hydrogen) atoms. The Hall–Kier alpha value is -3.10. The molecule has 0 unspecified atom stereocenters. The van der Waals surface area contributed by atoms with Crippen LogP contribution in [-0.2, 0) is 19.2 Å². The smallest absolute Gasteiger partial charge is 0.331 e. The Balaban J connectivity index is 0.000000179. The first-order valence-corrected chi connectivity index (χ1v) is 9.80. The molecule has 0 aromatic heterocycles. The van der Waals surface area contributed by atoms with Crippen molar-refractivity contribution in [2.75, 3.05) is 39.3 Å². The predicted octanol–water partition coefficient (Wildman–Crippen LogP) is 0.453. The molecule has 3 fully saturated rings. The van der Waals surface area contributed by atoms with Crippen molar-refractivity contribution in [1.82, 2.24) is 14.7 Å². The van der Waals surface area contributed by atoms with Gasteiger partial charge in [0.1, 0.15) is 11.4 Å². The van der Waals surface area contributed by atoms with E-state index in [2.05, 4.69) is 0 Å². The normalized spacial score (nSPS) is 20.2. The first kappa shape index (κ1) is 20.6. The first-order chi connectivity index (χ1) is 13.8. The summed E-state index contributed by atoms with van der Waals surface area (Å²) >= 11 is 0. The van der Waals surface area contributed by atoms with Crippen molar-refractivity contribution in [1.29, 1.82) is 0 Å². The van der Waals surface area contributed by atoms with Crippen LogP contribution in [-0.4, -0.2) is 87.7 Å². The second kappa shape index (κ2) is 8.50. The molecule has 0 spiro atoms. The van der Waals surface area contributed by atoms with Gasteiger partial charge in [0.25, 0.3) is 0 Å². The molecule has 2 N–H and O–H groups in total. The molecule has 0 aromatic carbocycles. The molecule has 3 heterocycles. The Morgan fingerprint density at radius 1 is 0.966 bits per heavy atom. The fraction of sp³-hybridized carbons (Fsp3) is 0.500. The van der Waals surface area contributed by atoms with Gasteiger partial charge in [-0.3, -0.25) is 9.59 Å². The zero-order chi connectivity index (χ0) is 21.1. The molecule has 4 aliphatic rings. The maximum absolute atomic E-state index is 12.4. The first-order valence-electron chi connectivity index (χ1n) is 9.80. The van der Waals surface area contributed by atoms with Crippen LogP contribution in [0.15, 0.2) is 34.8 Å². The number of hydrogen-bond donors (Lipinski definition) is 2. The van der Waals surface area contributed by atoms with E-state index in [1.807, 2.05) is 21.6 Å². The number of rotatable bonds is 8. The maximum Gasteiger partial charge on any atom is 0.331 e. The molecule has 156 valence electrons. The summed E-state index contributed by atoms with van der Waals surface area (Å²) in [5.74, 6) is -2.30. The summed E-state index contributed by atoms with van der Waals surface area (Å²) in [6, 6.07) is 0. The number of nitrogens with zero attached hydrogens (tertiary/aromatic N) is 3. The van der Waals surface area contributed by atoms with Crippen molar-refractivity contribution >= 4 is 23.5 Å². The molecular weight excluding hydrogens is 378 g/mol. The molecule has 0 radical (unpaired) electrons. The predicted molar refractivity (Wildman–Crippen MR) is 103 cm³/mol. The highest BCUT2D eigenvalue weighted by Gasteiger charge is 2.43. The maximum atomic E-state index is 12.4. The third-order valence-electron chi connectivity index (χ3n) is 4.86. The van der Waals surface area contributed by atoms with E-state index in [-0.39, 0.29) is 17.1 Å². The van der Waals surface area contributed by atoms with Crippen molar-refractivity contribution in [3.63, 3.8) is 0 Å². The van der Waals surface area contributed by atoms with E-state index in [1.165, 1.54) is 6.08 Å². The van der Waals surface area contributed by atoms with Gasteiger partial charge in [-0.2, -0.15) is 0 Å². The van der Waals surface area contributed by atoms with Crippen LogP contribution in [0, 0.1) is 0 Å². The molecule has 0 amide bonds. The highest BCUT2D eigenvalue weighted by molar-refractivity contribution is 6.22. The second-order valence-electron chi connectivity index (χ2n) is 7.30. The van der Waals surface area contributed by atoms with Gasteiger partial charge in [-0.05, 0) is 12.8 Å². The van der Waals surface area contributed by atoms with Crippen molar-refractivity contribution in [2.24, 2.45) is 0 Å². The fourth-order valence-electron chi connectivity index (χ4n) is 3.03. The van der Waals surface area contributed by atoms with E-state index in [0.29, 0.717) is 29.9 Å². The summed E-state index contributed by atoms with van der Waals surface area (Å²) in [5.41, 5.74) is 1.85. The number of Topliss-reactive ketones (excluding diaryl/α,β-unsaturated/α-hetero) is 1. The highest BCUT2D eigenvalue weighted by Crippen LogP contribution is 2.33. The number of carboxylic acids is 2. The number of unbranched alkanes of at least 4 members (excludes halogenated alkanes) is 1. The number of carbonyl (C=O) groups excluding carboxylic acids is 2. The summed E-state index contributed by atoms with van der Waals surface area (Å²) in [6.07, 6.45) is 4.14. The Kier molecular flexibility index (Phi) is 6.05. The van der Waals surface area contributed by atoms with Gasteiger partial charge in [-0.25, -0.2) is 9.59 Å². The molecule has 1 aliphatic carbocycles. The third-order valence-corrected chi connectivity index (χ3v) is 4.86. The minimum absolute atomic E-state index is 0.00546. The van der Waals surface area contributed by atoms with E-state index in [4.69, 9.17) is 10.2 Å². The van der Waals surface area contributed by atoms with Crippen LogP contribution in [0.4, 0.5) is 0 Å². The molecule has 9 nitrogen and oxygen atoms in total. The lowest BCUT2D eigenvalue weighted by atomic mass is 10.0. The summed E-state index contributed by atoms with van der Waals surface area (Å²) < 4.78 is 0. The fourth-order valence-corrected chi connectivity index (χ4v) is 3.03. The molecule has 0 bridgehead atoms. The number of allylic oxidation sites excluding steroid dienone is 1. The summed E-state index contributed by atoms with van der Waals surface area (Å²) in [4.78, 5) is 51.0. The molecule has 9 heteroatoms. The number of aliphatic carboxylic acids is 2. The van der Waals surface area contributed by atoms with E-state index >= 15 is 0 Å². The van der Waals surface area contributed by atoms with Gasteiger partial charge in [-0.15, -0.1) is 0 Å². The van der Waals surface area contributed by atoms with Crippen LogP contribution >= 0.6 is 0 Å². The van der Waals surface area contributed by atoms with E-state index in [9.17, 15) is 19.2 Å². The average Bonchev–Trinajstić information content (AvgIpc) is 3.51. The topological polar surface area (TPSA) is 118 Å². The minimum atomic E-state index is -1.21. The van der Waals surface area contributed by atoms with Crippen molar-refractivity contribution in [3.8, 4) is 0 Å². The van der Waals surface area contributed by atoms with Crippen LogP contribution < -0.4 is 0 Å². The van der Waals surface area contributed by atoms with Crippen LogP contribution in [0.25, 0.3) is 0 Å². The molecule has 0 saturated carbocycles. The van der Waals surface area contributed by atoms with Gasteiger partial charge in [0, 0.05) is 57.0 Å². The molecule has 0 aromatic rings. The number of carbonyl (C=O) groups is 4. The molecular formula is C20H25N3O6. The van der Waals surface area contributed by atoms with Crippen molar-refractivity contribution in [3.05, 3.63) is 34.8 Å². The monoisotopic (exact) mass is 403 g/mol. The molecule has 4 rings (SSSR count). The zero-order valence-corrected chi connectivity index (χ0v) is 16.4. The summed E-state index contributed by atoms with van der Waals surface area (Å²) in [7, 11) is 0. The number of ketones is 2. The molecule has 3 saturated heterocycles. The van der Waals surface area contributed by atoms with Gasteiger partial charge in [0.2, 0.25) is 11.6 Å². The summed E-state index contributed by atoms with van der Waals surface area (Å²) in [6.45, 7) is 7.32. The lowest BCUT2D eigenvalue weighted by Crippen LogP contribution is -2.29. The quantitative estimate of drug-likeness (QED) is 0.338. The van der Waals surface area contributed by atoms with E-state index in [1.54, 1.807) is 0 Å². The molecule has 0 atom stereocenters. The SMILES string of the molecule is CCCC/C(=C/C(=O)O)C(=O)O.O=C1C=C(N2CC2)C(=O)C(N2CC2)=C1N1CC1. The van der Waals surface area contributed by atoms with Crippen LogP contribution in [0.5, 0.6) is 0 Å². The largest absolute Gasteiger partial charge is 0.478 e. The van der Waals surface area contributed by atoms with Gasteiger partial charge in [0.05, 0.1) is 5.70 Å². The standard InChI is InChI=1S/C12H13N3O2.C8H12O4/c16-9-7-8(13-1-2-13)12(17)11(15-5-6-15)10(9)14-3-4-14;1-2-3-4-6(8(11)12)5-7(9)10/h7H,1-6H2;5H,2-4H2,1H3,(H,9,10)(H,11,12)/b;6-5-. The van der Waals surface area contributed by atoms with Crippen molar-refractivity contribution in [2.45, 2.75) is 26.2 Å². The van der Waals surface area contributed by atoms with Crippen LogP contribution in [0.3, 0.4) is 0 Å². The number of carboxylic acid groups (broad SMARTS) is 2. The lowest BCUT2D eigenvalue weighted by molar-refractivity contribution is -0.135. The van der Waals surface area contributed by atoms with Gasteiger partial charge < -0.3 is 24.9 Å². The average molecular weight is 403 g/mol. The van der Waals surface area contributed by atoms with Crippen LogP contribution in [0.2, 0.25) is 0 Å². The Labute approximate surface area is 168 Å². The molecule has 3 aliphatic heterocycles. The number of hydrogen-bond acceptors (Lipinski definition) is 7. The van der Waals surface area contributed by atoms with Crippen molar-refractivity contribution < 1.29 is 29.4 Å². The summed E-state index contributed by atoms with van der Waals surface area (Å²) in [5, 5.41) is 16.8. The van der Waals surface area contributed by atoms with Gasteiger partial charge in [-0.1, -0.05) is 13.3 Å². The zero-order valence-electron chi connectivity index (χ0n) is 16.4. The van der Waals surface area contributed by atoms with Gasteiger partial charge >= 0.3 is 11.9 Å². The Morgan fingerprint density at radius 2 is 1.52 bits per heavy atom. The van der Waals surface area contributed by atoms with Gasteiger partial charge in [0.15, 0.2) is 0 Å². The van der Waals surface area contributed by atoms with Crippen LogP contribution in [0.1, 0.15) is 26.2 Å². The third kappa shape index (κ3) is 5.24. The second-order valence-corrected chi connectivity index (χ2v) is 7.30. The van der Waals surface area contributed by atoms with E-state index in [0.717, 1.165) is 51.8 Å².